The topological polar surface area (TPSA) is 69.6 Å². The van der Waals surface area contributed by atoms with E-state index in [4.69, 9.17) is 5.11 Å². The molecule has 0 spiro atoms. The number of aliphatic carboxylic acids is 1. The van der Waals surface area contributed by atoms with E-state index < -0.39 is 5.97 Å². The Morgan fingerprint density at radius 1 is 1.25 bits per heavy atom. The lowest BCUT2D eigenvalue weighted by Crippen LogP contribution is -2.39. The van der Waals surface area contributed by atoms with Crippen LogP contribution in [-0.4, -0.2) is 59.6 Å². The van der Waals surface area contributed by atoms with E-state index in [0.29, 0.717) is 6.54 Å². The maximum absolute atomic E-state index is 11.2. The number of carbonyl (C=O) groups excluding carboxylic acids is 1. The minimum atomic E-state index is -0.928. The molecule has 0 aliphatic carbocycles. The number of carboxylic acid groups (broad SMARTS) is 1. The van der Waals surface area contributed by atoms with Crippen molar-refractivity contribution in [3.63, 3.8) is 0 Å². The molecule has 6 heteroatoms. The van der Waals surface area contributed by atoms with Crippen molar-refractivity contribution in [2.75, 3.05) is 37.7 Å². The van der Waals surface area contributed by atoms with Gasteiger partial charge in [-0.15, -0.1) is 0 Å². The summed E-state index contributed by atoms with van der Waals surface area (Å²) in [7, 11) is 0. The molecule has 0 aromatic carbocycles. The highest BCUT2D eigenvalue weighted by Gasteiger charge is 2.10. The zero-order valence-corrected chi connectivity index (χ0v) is 10.1. The zero-order chi connectivity index (χ0) is 11.8. The Morgan fingerprint density at radius 2 is 1.94 bits per heavy atom. The molecule has 0 aromatic heterocycles. The second-order valence-electron chi connectivity index (χ2n) is 3.70. The number of nitrogens with zero attached hydrogens (tertiary/aromatic N) is 1. The summed E-state index contributed by atoms with van der Waals surface area (Å²) in [5.74, 6) is 1.22. The van der Waals surface area contributed by atoms with Crippen molar-refractivity contribution in [1.82, 2.24) is 10.2 Å². The summed E-state index contributed by atoms with van der Waals surface area (Å²) in [4.78, 5) is 23.7. The lowest BCUT2D eigenvalue weighted by Gasteiger charge is -2.25. The van der Waals surface area contributed by atoms with Crippen LogP contribution in [0.15, 0.2) is 0 Å². The fourth-order valence-corrected chi connectivity index (χ4v) is 2.47. The molecule has 0 radical (unpaired) electrons. The van der Waals surface area contributed by atoms with Crippen LogP contribution in [0.4, 0.5) is 0 Å². The number of carboxylic acids is 1. The first-order valence-corrected chi connectivity index (χ1v) is 6.62. The number of nitrogens with one attached hydrogen (secondary N) is 1. The van der Waals surface area contributed by atoms with Crippen LogP contribution in [0.1, 0.15) is 12.8 Å². The summed E-state index contributed by atoms with van der Waals surface area (Å²) < 4.78 is 0. The third-order valence-electron chi connectivity index (χ3n) is 2.42. The lowest BCUT2D eigenvalue weighted by molar-refractivity contribution is -0.138. The largest absolute Gasteiger partial charge is 0.481 e. The van der Waals surface area contributed by atoms with Gasteiger partial charge in [-0.1, -0.05) is 0 Å². The quantitative estimate of drug-likeness (QED) is 0.691. The molecule has 1 aliphatic rings. The van der Waals surface area contributed by atoms with Gasteiger partial charge in [0.15, 0.2) is 0 Å². The van der Waals surface area contributed by atoms with Gasteiger partial charge in [0.1, 0.15) is 0 Å². The maximum atomic E-state index is 11.2. The number of hydrogen-bond donors (Lipinski definition) is 2. The fourth-order valence-electron chi connectivity index (χ4n) is 1.49. The van der Waals surface area contributed by atoms with Gasteiger partial charge in [-0.05, 0) is 0 Å². The molecule has 0 atom stereocenters. The highest BCUT2D eigenvalue weighted by Crippen LogP contribution is 2.07. The Hall–Kier alpha value is -0.750. The van der Waals surface area contributed by atoms with Crippen molar-refractivity contribution in [2.45, 2.75) is 12.8 Å². The van der Waals surface area contributed by atoms with Crippen LogP contribution >= 0.6 is 11.8 Å². The smallest absolute Gasteiger partial charge is 0.303 e. The monoisotopic (exact) mass is 246 g/mol. The molecular weight excluding hydrogens is 228 g/mol. The van der Waals surface area contributed by atoms with Gasteiger partial charge in [0.25, 0.3) is 0 Å². The average molecular weight is 246 g/mol. The van der Waals surface area contributed by atoms with Crippen LogP contribution in [0.3, 0.4) is 0 Å². The standard InChI is InChI=1S/C10H18N2O3S/c13-9(1-2-10(14)15)11-3-4-12-5-7-16-8-6-12/h1-8H2,(H,11,13)(H,14,15). The molecule has 0 bridgehead atoms. The van der Waals surface area contributed by atoms with Crippen LogP contribution in [0.25, 0.3) is 0 Å². The average Bonchev–Trinajstić information content (AvgIpc) is 2.28. The number of hydrogen-bond acceptors (Lipinski definition) is 4. The van der Waals surface area contributed by atoms with Crippen molar-refractivity contribution >= 4 is 23.6 Å². The molecule has 1 saturated heterocycles. The molecule has 1 aliphatic heterocycles. The SMILES string of the molecule is O=C(O)CCC(=O)NCCN1CCSCC1. The Morgan fingerprint density at radius 3 is 2.56 bits per heavy atom. The summed E-state index contributed by atoms with van der Waals surface area (Å²) in [6.45, 7) is 3.63. The van der Waals surface area contributed by atoms with E-state index in [1.165, 1.54) is 0 Å². The maximum Gasteiger partial charge on any atom is 0.303 e. The van der Waals surface area contributed by atoms with E-state index >= 15 is 0 Å². The summed E-state index contributed by atoms with van der Waals surface area (Å²) in [5, 5.41) is 11.1. The number of carbonyl (C=O) groups is 2. The van der Waals surface area contributed by atoms with E-state index in [-0.39, 0.29) is 18.7 Å². The van der Waals surface area contributed by atoms with E-state index in [9.17, 15) is 9.59 Å². The highest BCUT2D eigenvalue weighted by atomic mass is 32.2. The Kier molecular flexibility index (Phi) is 6.25. The first-order valence-electron chi connectivity index (χ1n) is 5.47. The van der Waals surface area contributed by atoms with Crippen molar-refractivity contribution in [3.05, 3.63) is 0 Å². The van der Waals surface area contributed by atoms with Gasteiger partial charge < -0.3 is 10.4 Å². The highest BCUT2D eigenvalue weighted by molar-refractivity contribution is 7.99. The minimum Gasteiger partial charge on any atom is -0.481 e. The number of amides is 1. The molecule has 1 rings (SSSR count). The zero-order valence-electron chi connectivity index (χ0n) is 9.28. The molecule has 1 fully saturated rings. The van der Waals surface area contributed by atoms with Crippen molar-refractivity contribution in [3.8, 4) is 0 Å². The van der Waals surface area contributed by atoms with Gasteiger partial charge in [0, 0.05) is 44.1 Å². The first kappa shape index (κ1) is 13.3. The van der Waals surface area contributed by atoms with Gasteiger partial charge in [-0.25, -0.2) is 0 Å². The van der Waals surface area contributed by atoms with Crippen LogP contribution in [0.5, 0.6) is 0 Å². The molecule has 1 amide bonds. The van der Waals surface area contributed by atoms with Gasteiger partial charge >= 0.3 is 5.97 Å². The van der Waals surface area contributed by atoms with E-state index in [2.05, 4.69) is 10.2 Å². The lowest BCUT2D eigenvalue weighted by atomic mass is 10.3. The third kappa shape index (κ3) is 5.97. The molecule has 16 heavy (non-hydrogen) atoms. The van der Waals surface area contributed by atoms with Crippen LogP contribution < -0.4 is 5.32 Å². The normalized spacial score (nSPS) is 17.0. The van der Waals surface area contributed by atoms with Gasteiger partial charge in [-0.2, -0.15) is 11.8 Å². The summed E-state index contributed by atoms with van der Waals surface area (Å²) in [6, 6.07) is 0. The molecular formula is C10H18N2O3S. The van der Waals surface area contributed by atoms with Gasteiger partial charge in [-0.3, -0.25) is 14.5 Å². The van der Waals surface area contributed by atoms with Crippen molar-refractivity contribution in [2.24, 2.45) is 0 Å². The van der Waals surface area contributed by atoms with Gasteiger partial charge in [0.2, 0.25) is 5.91 Å². The second-order valence-corrected chi connectivity index (χ2v) is 4.92. The predicted octanol–water partition coefficient (Wildman–Crippen LogP) is 0.0162. The molecule has 92 valence electrons. The number of rotatable bonds is 6. The third-order valence-corrected chi connectivity index (χ3v) is 3.36. The first-order chi connectivity index (χ1) is 7.68. The molecule has 0 unspecified atom stereocenters. The van der Waals surface area contributed by atoms with E-state index in [0.717, 1.165) is 31.1 Å². The predicted molar refractivity (Wildman–Crippen MR) is 63.6 cm³/mol. The van der Waals surface area contributed by atoms with Crippen LogP contribution in [0.2, 0.25) is 0 Å². The Bertz CT molecular complexity index is 242. The van der Waals surface area contributed by atoms with Crippen molar-refractivity contribution < 1.29 is 14.7 Å². The fraction of sp³-hybridized carbons (Fsp3) is 0.800. The van der Waals surface area contributed by atoms with Gasteiger partial charge in [0.05, 0.1) is 6.42 Å². The summed E-state index contributed by atoms with van der Waals surface area (Å²) in [5.41, 5.74) is 0. The van der Waals surface area contributed by atoms with Crippen LogP contribution in [-0.2, 0) is 9.59 Å². The van der Waals surface area contributed by atoms with Crippen LogP contribution in [0, 0.1) is 0 Å². The van der Waals surface area contributed by atoms with Crippen molar-refractivity contribution in [1.29, 1.82) is 0 Å². The van der Waals surface area contributed by atoms with E-state index in [1.54, 1.807) is 0 Å². The molecule has 1 heterocycles. The molecule has 2 N–H and O–H groups in total. The summed E-state index contributed by atoms with van der Waals surface area (Å²) in [6.07, 6.45) is -0.0165. The Balaban J connectivity index is 2.01. The molecule has 0 saturated carbocycles. The summed E-state index contributed by atoms with van der Waals surface area (Å²) >= 11 is 1.96. The second kappa shape index (κ2) is 7.51. The molecule has 0 aromatic rings. The minimum absolute atomic E-state index is 0.0746. The molecule has 5 nitrogen and oxygen atoms in total. The van der Waals surface area contributed by atoms with E-state index in [1.807, 2.05) is 11.8 Å². The Labute approximate surface area is 99.6 Å². The number of thioether (sulfide) groups is 1.